The van der Waals surface area contributed by atoms with Crippen molar-refractivity contribution in [1.29, 1.82) is 0 Å². The Morgan fingerprint density at radius 1 is 1.15 bits per heavy atom. The number of nitrogens with one attached hydrogen (secondary N) is 1. The van der Waals surface area contributed by atoms with Gasteiger partial charge in [0.25, 0.3) is 5.91 Å². The molecule has 0 spiro atoms. The summed E-state index contributed by atoms with van der Waals surface area (Å²) in [4.78, 5) is 22.2. The molecule has 4 rings (SSSR count). The number of aromatic nitrogens is 1. The van der Waals surface area contributed by atoms with Crippen LogP contribution in [-0.4, -0.2) is 67.3 Å². The minimum Gasteiger partial charge on any atom is -0.497 e. The molecule has 1 aliphatic heterocycles. The Morgan fingerprint density at radius 2 is 1.88 bits per heavy atom. The summed E-state index contributed by atoms with van der Waals surface area (Å²) in [7, 11) is 1.66. The lowest BCUT2D eigenvalue weighted by Gasteiger charge is -2.35. The van der Waals surface area contributed by atoms with Crippen molar-refractivity contribution in [3.05, 3.63) is 70.7 Å². The van der Waals surface area contributed by atoms with Crippen molar-refractivity contribution in [2.24, 2.45) is 0 Å². The molecule has 180 valence electrons. The molecule has 0 bridgehead atoms. The summed E-state index contributed by atoms with van der Waals surface area (Å²) in [6, 6.07) is 15.7. The molecule has 1 saturated heterocycles. The highest BCUT2D eigenvalue weighted by atomic mass is 32.1. The van der Waals surface area contributed by atoms with Gasteiger partial charge in [0.05, 0.1) is 19.4 Å². The molecule has 34 heavy (non-hydrogen) atoms. The number of amides is 1. The fourth-order valence-corrected chi connectivity index (χ4v) is 5.03. The Balaban J connectivity index is 1.42. The van der Waals surface area contributed by atoms with Gasteiger partial charge in [0.15, 0.2) is 5.13 Å². The Hall–Kier alpha value is -2.94. The lowest BCUT2D eigenvalue weighted by molar-refractivity contribution is 0.102. The van der Waals surface area contributed by atoms with Crippen LogP contribution in [0.3, 0.4) is 0 Å². The zero-order chi connectivity index (χ0) is 24.1. The highest BCUT2D eigenvalue weighted by Gasteiger charge is 2.26. The molecular weight excluding hydrogens is 448 g/mol. The van der Waals surface area contributed by atoms with E-state index in [9.17, 15) is 4.79 Å². The zero-order valence-electron chi connectivity index (χ0n) is 20.0. The number of nitrogens with zero attached hydrogens (tertiary/aromatic N) is 3. The Bertz CT molecular complexity index is 1110. The van der Waals surface area contributed by atoms with E-state index in [1.807, 2.05) is 53.9 Å². The molecule has 8 heteroatoms. The van der Waals surface area contributed by atoms with E-state index < -0.39 is 0 Å². The second-order valence-electron chi connectivity index (χ2n) is 8.95. The maximum atomic E-state index is 13.0. The minimum absolute atomic E-state index is 0.163. The van der Waals surface area contributed by atoms with Crippen LogP contribution in [0.25, 0.3) is 0 Å². The molecule has 0 saturated carbocycles. The maximum absolute atomic E-state index is 13.0. The number of carbonyl (C=O) groups excluding carboxylic acids is 1. The van der Waals surface area contributed by atoms with Crippen LogP contribution in [0.2, 0.25) is 0 Å². The van der Waals surface area contributed by atoms with Crippen molar-refractivity contribution in [2.75, 3.05) is 56.7 Å². The van der Waals surface area contributed by atoms with Crippen LogP contribution < -0.4 is 15.0 Å². The number of hydrogen-bond acceptors (Lipinski definition) is 7. The van der Waals surface area contributed by atoms with Crippen molar-refractivity contribution < 1.29 is 14.6 Å². The van der Waals surface area contributed by atoms with Gasteiger partial charge in [-0.15, -0.1) is 11.3 Å². The highest BCUT2D eigenvalue weighted by Crippen LogP contribution is 2.34. The second-order valence-corrected chi connectivity index (χ2v) is 9.81. The molecule has 7 nitrogen and oxygen atoms in total. The SMILES string of the molecule is COc1ccc(C(C)(C)c2csc(NC(=O)c3cccc(N4CCN(CCO)CC4)c3)n2)cc1. The van der Waals surface area contributed by atoms with E-state index in [0.717, 1.165) is 48.9 Å². The van der Waals surface area contributed by atoms with Gasteiger partial charge in [0.2, 0.25) is 0 Å². The molecule has 2 N–H and O–H groups in total. The van der Waals surface area contributed by atoms with E-state index in [1.54, 1.807) is 7.11 Å². The largest absolute Gasteiger partial charge is 0.497 e. The number of aliphatic hydroxyl groups excluding tert-OH is 1. The van der Waals surface area contributed by atoms with Crippen LogP contribution in [-0.2, 0) is 5.41 Å². The Labute approximate surface area is 205 Å². The summed E-state index contributed by atoms with van der Waals surface area (Å²) in [5, 5.41) is 14.7. The normalized spacial score (nSPS) is 14.8. The smallest absolute Gasteiger partial charge is 0.257 e. The number of anilines is 2. The van der Waals surface area contributed by atoms with Crippen LogP contribution in [0, 0.1) is 0 Å². The Kier molecular flexibility index (Phi) is 7.50. The number of rotatable bonds is 8. The lowest BCUT2D eigenvalue weighted by Crippen LogP contribution is -2.47. The quantitative estimate of drug-likeness (QED) is 0.510. The minimum atomic E-state index is -0.302. The summed E-state index contributed by atoms with van der Waals surface area (Å²) >= 11 is 1.43. The van der Waals surface area contributed by atoms with Crippen LogP contribution in [0.15, 0.2) is 53.9 Å². The van der Waals surface area contributed by atoms with Crippen molar-refractivity contribution in [2.45, 2.75) is 19.3 Å². The number of methoxy groups -OCH3 is 1. The first-order valence-electron chi connectivity index (χ1n) is 11.5. The van der Waals surface area contributed by atoms with Gasteiger partial charge in [0.1, 0.15) is 5.75 Å². The number of aliphatic hydroxyl groups is 1. The third kappa shape index (κ3) is 5.41. The number of piperazine rings is 1. The second kappa shape index (κ2) is 10.5. The molecule has 0 aliphatic carbocycles. The molecule has 0 unspecified atom stereocenters. The first-order chi connectivity index (χ1) is 16.4. The molecule has 2 heterocycles. The molecule has 1 amide bonds. The van der Waals surface area contributed by atoms with Crippen molar-refractivity contribution in [3.8, 4) is 5.75 Å². The van der Waals surface area contributed by atoms with Gasteiger partial charge in [-0.05, 0) is 35.9 Å². The highest BCUT2D eigenvalue weighted by molar-refractivity contribution is 7.14. The molecule has 1 aliphatic rings. The summed E-state index contributed by atoms with van der Waals surface area (Å²) in [5.41, 5.74) is 3.39. The lowest BCUT2D eigenvalue weighted by atomic mass is 9.82. The van der Waals surface area contributed by atoms with Gasteiger partial charge in [-0.2, -0.15) is 0 Å². The number of β-amino-alcohol motifs (C(OH)–C–C–N with tert-alkyl or cyclic N) is 1. The van der Waals surface area contributed by atoms with E-state index in [0.29, 0.717) is 17.2 Å². The third-order valence-electron chi connectivity index (χ3n) is 6.44. The number of ether oxygens (including phenoxy) is 1. The predicted molar refractivity (Wildman–Crippen MR) is 137 cm³/mol. The monoisotopic (exact) mass is 480 g/mol. The van der Waals surface area contributed by atoms with Gasteiger partial charge in [-0.25, -0.2) is 4.98 Å². The molecule has 1 fully saturated rings. The molecule has 1 aromatic heterocycles. The number of hydrogen-bond donors (Lipinski definition) is 2. The number of carbonyl (C=O) groups is 1. The standard InChI is InChI=1S/C26H32N4O3S/c1-26(2,20-7-9-22(33-3)10-8-20)23-18-34-25(27-23)28-24(32)19-5-4-6-21(17-19)30-13-11-29(12-14-30)15-16-31/h4-10,17-18,31H,11-16H2,1-3H3,(H,27,28,32). The van der Waals surface area contributed by atoms with E-state index >= 15 is 0 Å². The van der Waals surface area contributed by atoms with E-state index in [2.05, 4.69) is 29.0 Å². The van der Waals surface area contributed by atoms with E-state index in [4.69, 9.17) is 14.8 Å². The molecule has 0 radical (unpaired) electrons. The van der Waals surface area contributed by atoms with Gasteiger partial charge >= 0.3 is 0 Å². The summed E-state index contributed by atoms with van der Waals surface area (Å²) < 4.78 is 5.26. The average molecular weight is 481 g/mol. The summed E-state index contributed by atoms with van der Waals surface area (Å²) in [6.45, 7) is 8.71. The van der Waals surface area contributed by atoms with Gasteiger partial charge < -0.3 is 14.7 Å². The third-order valence-corrected chi connectivity index (χ3v) is 7.20. The zero-order valence-corrected chi connectivity index (χ0v) is 20.8. The molecule has 3 aromatic rings. The molecule has 0 atom stereocenters. The summed E-state index contributed by atoms with van der Waals surface area (Å²) in [5.74, 6) is 0.656. The van der Waals surface area contributed by atoms with Gasteiger partial charge in [-0.3, -0.25) is 15.0 Å². The van der Waals surface area contributed by atoms with Crippen LogP contribution in [0.4, 0.5) is 10.8 Å². The van der Waals surface area contributed by atoms with E-state index in [1.165, 1.54) is 11.3 Å². The fraction of sp³-hybridized carbons (Fsp3) is 0.385. The summed E-state index contributed by atoms with van der Waals surface area (Å²) in [6.07, 6.45) is 0. The topological polar surface area (TPSA) is 77.9 Å². The van der Waals surface area contributed by atoms with Gasteiger partial charge in [-0.1, -0.05) is 32.0 Å². The van der Waals surface area contributed by atoms with Crippen molar-refractivity contribution >= 4 is 28.1 Å². The Morgan fingerprint density at radius 3 is 2.56 bits per heavy atom. The van der Waals surface area contributed by atoms with E-state index in [-0.39, 0.29) is 17.9 Å². The maximum Gasteiger partial charge on any atom is 0.257 e. The van der Waals surface area contributed by atoms with Crippen LogP contribution in [0.5, 0.6) is 5.75 Å². The van der Waals surface area contributed by atoms with Crippen LogP contribution >= 0.6 is 11.3 Å². The first-order valence-corrected chi connectivity index (χ1v) is 12.4. The van der Waals surface area contributed by atoms with Crippen molar-refractivity contribution in [1.82, 2.24) is 9.88 Å². The van der Waals surface area contributed by atoms with Crippen molar-refractivity contribution in [3.63, 3.8) is 0 Å². The molecular formula is C26H32N4O3S. The van der Waals surface area contributed by atoms with Crippen LogP contribution in [0.1, 0.15) is 35.5 Å². The molecule has 2 aromatic carbocycles. The first kappa shape index (κ1) is 24.2. The number of benzene rings is 2. The predicted octanol–water partition coefficient (Wildman–Crippen LogP) is 3.84. The number of thiazole rings is 1. The van der Waals surface area contributed by atoms with Gasteiger partial charge in [0, 0.05) is 54.8 Å². The fourth-order valence-electron chi connectivity index (χ4n) is 4.16. The average Bonchev–Trinajstić information content (AvgIpc) is 3.34.